The number of unbranched alkanes of at least 4 members (excludes halogenated alkanes) is 5. The second kappa shape index (κ2) is 8.31. The lowest BCUT2D eigenvalue weighted by Gasteiger charge is -2.18. The van der Waals surface area contributed by atoms with Crippen LogP contribution in [0.5, 0.6) is 0 Å². The van der Waals surface area contributed by atoms with Crippen molar-refractivity contribution in [2.75, 3.05) is 11.4 Å². The molecule has 1 heterocycles. The molecule has 0 aromatic heterocycles. The fraction of sp³-hybridized carbons (Fsp3) is 0.529. The van der Waals surface area contributed by atoms with Gasteiger partial charge in [0.1, 0.15) is 0 Å². The van der Waals surface area contributed by atoms with Crippen molar-refractivity contribution < 1.29 is 14.7 Å². The van der Waals surface area contributed by atoms with E-state index >= 15 is 0 Å². The summed E-state index contributed by atoms with van der Waals surface area (Å²) >= 11 is 5.83. The Morgan fingerprint density at radius 1 is 1.04 bits per heavy atom. The predicted molar refractivity (Wildman–Crippen MR) is 90.4 cm³/mol. The van der Waals surface area contributed by atoms with E-state index < -0.39 is 18.2 Å². The van der Waals surface area contributed by atoms with E-state index in [1.807, 2.05) is 0 Å². The van der Waals surface area contributed by atoms with Crippen LogP contribution >= 0.6 is 11.6 Å². The first kappa shape index (κ1) is 17.8. The number of aliphatic hydroxyl groups excluding tert-OH is 1. The molecule has 1 aromatic rings. The van der Waals surface area contributed by atoms with Gasteiger partial charge < -0.3 is 5.11 Å². The molecule has 1 aromatic carbocycles. The first-order valence-electron chi connectivity index (χ1n) is 8.14. The average molecular weight is 339 g/mol. The molecule has 6 heteroatoms. The number of benzene rings is 1. The Morgan fingerprint density at radius 3 is 2.30 bits per heavy atom. The number of halogens is 1. The zero-order valence-corrected chi connectivity index (χ0v) is 14.1. The molecule has 1 unspecified atom stereocenters. The largest absolute Gasteiger partial charge is 0.365 e. The second-order valence-corrected chi connectivity index (χ2v) is 6.20. The lowest BCUT2D eigenvalue weighted by molar-refractivity contribution is -0.133. The fourth-order valence-electron chi connectivity index (χ4n) is 2.69. The highest BCUT2D eigenvalue weighted by atomic mass is 35.5. The number of carbonyl (C=O) groups is 2. The fourth-order valence-corrected chi connectivity index (χ4v) is 2.81. The summed E-state index contributed by atoms with van der Waals surface area (Å²) < 4.78 is 0. The van der Waals surface area contributed by atoms with Crippen LogP contribution in [0.4, 0.5) is 10.5 Å². The molecule has 1 fully saturated rings. The van der Waals surface area contributed by atoms with Gasteiger partial charge in [-0.25, -0.2) is 4.79 Å². The van der Waals surface area contributed by atoms with E-state index in [0.717, 1.165) is 29.1 Å². The third-order valence-corrected chi connectivity index (χ3v) is 4.26. The van der Waals surface area contributed by atoms with E-state index in [-0.39, 0.29) is 0 Å². The van der Waals surface area contributed by atoms with Crippen molar-refractivity contribution in [3.05, 3.63) is 29.3 Å². The molecular formula is C17H23ClN2O3. The van der Waals surface area contributed by atoms with Gasteiger partial charge in [0.25, 0.3) is 5.91 Å². The topological polar surface area (TPSA) is 60.9 Å². The van der Waals surface area contributed by atoms with Crippen molar-refractivity contribution in [1.82, 2.24) is 4.90 Å². The van der Waals surface area contributed by atoms with Gasteiger partial charge in [-0.3, -0.25) is 14.6 Å². The third-order valence-electron chi connectivity index (χ3n) is 4.01. The van der Waals surface area contributed by atoms with Crippen molar-refractivity contribution >= 4 is 29.2 Å². The molecule has 0 spiro atoms. The molecule has 1 saturated heterocycles. The van der Waals surface area contributed by atoms with Crippen LogP contribution in [0.25, 0.3) is 0 Å². The highest BCUT2D eigenvalue weighted by molar-refractivity contribution is 6.30. The Bertz CT molecular complexity index is 547. The number of amides is 3. The summed E-state index contributed by atoms with van der Waals surface area (Å²) in [6.45, 7) is 2.51. The highest BCUT2D eigenvalue weighted by Crippen LogP contribution is 2.26. The van der Waals surface area contributed by atoms with Gasteiger partial charge in [-0.15, -0.1) is 0 Å². The van der Waals surface area contributed by atoms with Crippen LogP contribution in [0.3, 0.4) is 0 Å². The number of anilines is 1. The van der Waals surface area contributed by atoms with Crippen molar-refractivity contribution in [2.24, 2.45) is 0 Å². The number of aliphatic hydroxyl groups is 1. The molecule has 1 atom stereocenters. The first-order valence-corrected chi connectivity index (χ1v) is 8.52. The molecule has 1 N–H and O–H groups in total. The number of imide groups is 1. The normalized spacial score (nSPS) is 18.1. The summed E-state index contributed by atoms with van der Waals surface area (Å²) in [6, 6.07) is 6.00. The zero-order valence-electron chi connectivity index (χ0n) is 13.4. The zero-order chi connectivity index (χ0) is 16.8. The number of carbonyl (C=O) groups excluding carboxylic acids is 2. The minimum Gasteiger partial charge on any atom is -0.365 e. The Kier molecular flexibility index (Phi) is 6.42. The molecule has 1 aliphatic heterocycles. The predicted octanol–water partition coefficient (Wildman–Crippen LogP) is 3.79. The Morgan fingerprint density at radius 2 is 1.65 bits per heavy atom. The van der Waals surface area contributed by atoms with Gasteiger partial charge in [0, 0.05) is 17.3 Å². The molecule has 0 bridgehead atoms. The van der Waals surface area contributed by atoms with Gasteiger partial charge in [0.05, 0.1) is 0 Å². The summed E-state index contributed by atoms with van der Waals surface area (Å²) in [5, 5.41) is 10.6. The molecular weight excluding hydrogens is 316 g/mol. The van der Waals surface area contributed by atoms with Crippen LogP contribution in [-0.2, 0) is 4.79 Å². The summed E-state index contributed by atoms with van der Waals surface area (Å²) in [5.41, 5.74) is 0.464. The monoisotopic (exact) mass is 338 g/mol. The number of urea groups is 1. The molecule has 5 nitrogen and oxygen atoms in total. The van der Waals surface area contributed by atoms with Crippen molar-refractivity contribution in [3.63, 3.8) is 0 Å². The van der Waals surface area contributed by atoms with Gasteiger partial charge in [-0.05, 0) is 30.7 Å². The Hall–Kier alpha value is -1.59. The lowest BCUT2D eigenvalue weighted by Crippen LogP contribution is -2.35. The minimum absolute atomic E-state index is 0.352. The summed E-state index contributed by atoms with van der Waals surface area (Å²) in [5.74, 6) is -0.557. The van der Waals surface area contributed by atoms with E-state index in [9.17, 15) is 14.7 Å². The maximum absolute atomic E-state index is 12.4. The number of rotatable bonds is 8. The number of hydrogen-bond acceptors (Lipinski definition) is 3. The van der Waals surface area contributed by atoms with Crippen molar-refractivity contribution in [3.8, 4) is 0 Å². The summed E-state index contributed by atoms with van der Waals surface area (Å²) in [4.78, 5) is 26.8. The van der Waals surface area contributed by atoms with Crippen LogP contribution in [-0.4, -0.2) is 34.7 Å². The first-order chi connectivity index (χ1) is 11.1. The SMILES string of the molecule is CCCCCCCCN1C(=O)C(O)N(c2ccc(Cl)cc2)C1=O. The smallest absolute Gasteiger partial charge is 0.333 e. The molecule has 23 heavy (non-hydrogen) atoms. The highest BCUT2D eigenvalue weighted by Gasteiger charge is 2.44. The van der Waals surface area contributed by atoms with E-state index in [4.69, 9.17) is 11.6 Å². The number of nitrogens with zero attached hydrogens (tertiary/aromatic N) is 2. The van der Waals surface area contributed by atoms with Crippen LogP contribution in [0.15, 0.2) is 24.3 Å². The maximum Gasteiger partial charge on any atom is 0.333 e. The van der Waals surface area contributed by atoms with E-state index in [2.05, 4.69) is 6.92 Å². The minimum atomic E-state index is -1.45. The number of hydrogen-bond donors (Lipinski definition) is 1. The lowest BCUT2D eigenvalue weighted by atomic mass is 10.1. The van der Waals surface area contributed by atoms with Crippen LogP contribution < -0.4 is 4.90 Å². The van der Waals surface area contributed by atoms with Crippen LogP contribution in [0.1, 0.15) is 45.4 Å². The summed E-state index contributed by atoms with van der Waals surface area (Å²) in [6.07, 6.45) is 4.97. The third kappa shape index (κ3) is 4.24. The van der Waals surface area contributed by atoms with Gasteiger partial charge in [0.15, 0.2) is 0 Å². The molecule has 2 rings (SSSR count). The second-order valence-electron chi connectivity index (χ2n) is 5.76. The quantitative estimate of drug-likeness (QED) is 0.579. The molecule has 3 amide bonds. The van der Waals surface area contributed by atoms with Gasteiger partial charge in [0.2, 0.25) is 6.23 Å². The summed E-state index contributed by atoms with van der Waals surface area (Å²) in [7, 11) is 0. The standard InChI is InChI=1S/C17H23ClN2O3/c1-2-3-4-5-6-7-12-19-15(21)16(22)20(17(19)23)14-10-8-13(18)9-11-14/h8-11,16,22H,2-7,12H2,1H3. The van der Waals surface area contributed by atoms with E-state index in [1.165, 1.54) is 19.3 Å². The maximum atomic E-state index is 12.4. The average Bonchev–Trinajstić information content (AvgIpc) is 2.75. The molecule has 126 valence electrons. The molecule has 1 aliphatic rings. The van der Waals surface area contributed by atoms with Crippen molar-refractivity contribution in [2.45, 2.75) is 51.7 Å². The van der Waals surface area contributed by atoms with Crippen molar-refractivity contribution in [1.29, 1.82) is 0 Å². The Balaban J connectivity index is 1.94. The van der Waals surface area contributed by atoms with Crippen LogP contribution in [0, 0.1) is 0 Å². The van der Waals surface area contributed by atoms with E-state index in [1.54, 1.807) is 24.3 Å². The van der Waals surface area contributed by atoms with Gasteiger partial charge >= 0.3 is 6.03 Å². The molecule has 0 saturated carbocycles. The van der Waals surface area contributed by atoms with E-state index in [0.29, 0.717) is 17.3 Å². The Labute approximate surface area is 141 Å². The van der Waals surface area contributed by atoms with Gasteiger partial charge in [-0.1, -0.05) is 50.6 Å². The van der Waals surface area contributed by atoms with Crippen LogP contribution in [0.2, 0.25) is 5.02 Å². The molecule has 0 aliphatic carbocycles. The molecule has 0 radical (unpaired) electrons. The van der Waals surface area contributed by atoms with Gasteiger partial charge in [-0.2, -0.15) is 0 Å².